The van der Waals surface area contributed by atoms with E-state index in [0.29, 0.717) is 25.3 Å². The molecule has 0 heterocycles. The monoisotopic (exact) mass is 396 g/mol. The largest absolute Gasteiger partial charge is 0.377 e. The molecule has 6 nitrogen and oxygen atoms in total. The average Bonchev–Trinajstić information content (AvgIpc) is 2.74. The van der Waals surface area contributed by atoms with Crippen LogP contribution in [0.5, 0.6) is 0 Å². The minimum Gasteiger partial charge on any atom is -0.377 e. The summed E-state index contributed by atoms with van der Waals surface area (Å²) >= 11 is 0. The van der Waals surface area contributed by atoms with Gasteiger partial charge >= 0.3 is 0 Å². The zero-order chi connectivity index (χ0) is 21.1. The maximum atomic E-state index is 12.0. The summed E-state index contributed by atoms with van der Waals surface area (Å²) in [6, 6.07) is 16.0. The van der Waals surface area contributed by atoms with Gasteiger partial charge in [0, 0.05) is 39.4 Å². The Balaban J connectivity index is 1.93. The molecule has 0 bridgehead atoms. The van der Waals surface area contributed by atoms with Crippen LogP contribution < -0.4 is 10.6 Å². The lowest BCUT2D eigenvalue weighted by atomic mass is 10.1. The van der Waals surface area contributed by atoms with Crippen molar-refractivity contribution in [1.29, 1.82) is 0 Å². The standard InChI is InChI=1S/C23H32N4O2/c1-5-24-23(25-15-18-7-9-20(10-8-18)17-29-6-2)26-16-19-11-13-21(14-12-19)22(28)27(3)4/h7-14H,5-6,15-17H2,1-4H3,(H2,24,25,26). The van der Waals surface area contributed by atoms with Crippen molar-refractivity contribution in [2.45, 2.75) is 33.5 Å². The topological polar surface area (TPSA) is 66.0 Å². The maximum absolute atomic E-state index is 12.0. The van der Waals surface area contributed by atoms with Crippen molar-refractivity contribution in [2.24, 2.45) is 4.99 Å². The summed E-state index contributed by atoms with van der Waals surface area (Å²) in [5.41, 5.74) is 4.09. The molecule has 29 heavy (non-hydrogen) atoms. The third-order valence-electron chi connectivity index (χ3n) is 4.33. The highest BCUT2D eigenvalue weighted by Crippen LogP contribution is 2.08. The first kappa shape index (κ1) is 22.4. The Hall–Kier alpha value is -2.86. The summed E-state index contributed by atoms with van der Waals surface area (Å²) in [4.78, 5) is 18.2. The molecule has 0 saturated carbocycles. The number of amides is 1. The summed E-state index contributed by atoms with van der Waals surface area (Å²) in [6.07, 6.45) is 0. The smallest absolute Gasteiger partial charge is 0.253 e. The molecule has 2 aromatic rings. The van der Waals surface area contributed by atoms with Gasteiger partial charge in [-0.25, -0.2) is 4.99 Å². The van der Waals surface area contributed by atoms with Crippen molar-refractivity contribution >= 4 is 11.9 Å². The lowest BCUT2D eigenvalue weighted by molar-refractivity contribution is 0.0827. The van der Waals surface area contributed by atoms with Gasteiger partial charge in [0.15, 0.2) is 5.96 Å². The third-order valence-corrected chi connectivity index (χ3v) is 4.33. The van der Waals surface area contributed by atoms with Crippen molar-refractivity contribution < 1.29 is 9.53 Å². The summed E-state index contributed by atoms with van der Waals surface area (Å²) < 4.78 is 5.43. The molecule has 0 atom stereocenters. The quantitative estimate of drug-likeness (QED) is 0.505. The first-order valence-corrected chi connectivity index (χ1v) is 10.0. The molecule has 0 unspecified atom stereocenters. The Morgan fingerprint density at radius 2 is 1.55 bits per heavy atom. The van der Waals surface area contributed by atoms with Crippen LogP contribution in [-0.4, -0.2) is 44.0 Å². The Kier molecular flexibility index (Phi) is 9.18. The predicted octanol–water partition coefficient (Wildman–Crippen LogP) is 3.18. The lowest BCUT2D eigenvalue weighted by Gasteiger charge is -2.12. The average molecular weight is 397 g/mol. The molecule has 0 aromatic heterocycles. The van der Waals surface area contributed by atoms with Gasteiger partial charge in [-0.1, -0.05) is 36.4 Å². The van der Waals surface area contributed by atoms with Crippen molar-refractivity contribution in [3.8, 4) is 0 Å². The molecule has 0 aliphatic carbocycles. The molecule has 2 aromatic carbocycles. The molecule has 6 heteroatoms. The molecule has 0 aliphatic heterocycles. The summed E-state index contributed by atoms with van der Waals surface area (Å²) in [5, 5.41) is 6.63. The number of nitrogens with one attached hydrogen (secondary N) is 2. The highest BCUT2D eigenvalue weighted by Gasteiger charge is 2.07. The number of aliphatic imine (C=N–C) groups is 1. The van der Waals surface area contributed by atoms with E-state index < -0.39 is 0 Å². The molecule has 0 fully saturated rings. The molecule has 1 amide bonds. The molecule has 0 saturated heterocycles. The molecule has 0 aliphatic rings. The van der Waals surface area contributed by atoms with Crippen molar-refractivity contribution in [3.05, 3.63) is 70.8 Å². The SMILES string of the molecule is CCNC(=NCc1ccc(C(=O)N(C)C)cc1)NCc1ccc(COCC)cc1. The fraction of sp³-hybridized carbons (Fsp3) is 0.391. The van der Waals surface area contributed by atoms with Crippen LogP contribution in [0.1, 0.15) is 40.9 Å². The lowest BCUT2D eigenvalue weighted by Crippen LogP contribution is -2.36. The number of hydrogen-bond acceptors (Lipinski definition) is 3. The number of ether oxygens (including phenoxy) is 1. The van der Waals surface area contributed by atoms with Crippen molar-refractivity contribution in [2.75, 3.05) is 27.2 Å². The van der Waals surface area contributed by atoms with Gasteiger partial charge in [0.25, 0.3) is 5.91 Å². The van der Waals surface area contributed by atoms with Gasteiger partial charge < -0.3 is 20.3 Å². The van der Waals surface area contributed by atoms with Crippen LogP contribution in [0, 0.1) is 0 Å². The predicted molar refractivity (Wildman–Crippen MR) is 118 cm³/mol. The Morgan fingerprint density at radius 1 is 0.931 bits per heavy atom. The van der Waals surface area contributed by atoms with E-state index in [4.69, 9.17) is 4.74 Å². The highest BCUT2D eigenvalue weighted by atomic mass is 16.5. The first-order chi connectivity index (χ1) is 14.0. The Labute approximate surface area is 174 Å². The van der Waals surface area contributed by atoms with E-state index in [2.05, 4.69) is 39.9 Å². The second-order valence-corrected chi connectivity index (χ2v) is 6.90. The Morgan fingerprint density at radius 3 is 2.14 bits per heavy atom. The highest BCUT2D eigenvalue weighted by molar-refractivity contribution is 5.93. The molecule has 2 N–H and O–H groups in total. The van der Waals surface area contributed by atoms with Crippen LogP contribution >= 0.6 is 0 Å². The van der Waals surface area contributed by atoms with Gasteiger partial charge in [0.1, 0.15) is 0 Å². The van der Waals surface area contributed by atoms with E-state index in [1.165, 1.54) is 11.1 Å². The maximum Gasteiger partial charge on any atom is 0.253 e. The van der Waals surface area contributed by atoms with E-state index in [-0.39, 0.29) is 5.91 Å². The van der Waals surface area contributed by atoms with Crippen LogP contribution in [0.3, 0.4) is 0 Å². The van der Waals surface area contributed by atoms with Crippen LogP contribution in [-0.2, 0) is 24.4 Å². The summed E-state index contributed by atoms with van der Waals surface area (Å²) in [7, 11) is 3.50. The number of carbonyl (C=O) groups excluding carboxylic acids is 1. The van der Waals surface area contributed by atoms with Gasteiger partial charge in [0.05, 0.1) is 13.2 Å². The molecule has 2 rings (SSSR count). The van der Waals surface area contributed by atoms with Gasteiger partial charge in [-0.3, -0.25) is 4.79 Å². The van der Waals surface area contributed by atoms with E-state index in [1.807, 2.05) is 38.1 Å². The number of guanidine groups is 1. The van der Waals surface area contributed by atoms with Gasteiger partial charge in [0.2, 0.25) is 0 Å². The third kappa shape index (κ3) is 7.58. The zero-order valence-electron chi connectivity index (χ0n) is 17.9. The van der Waals surface area contributed by atoms with Crippen molar-refractivity contribution in [1.82, 2.24) is 15.5 Å². The number of benzene rings is 2. The number of rotatable bonds is 9. The van der Waals surface area contributed by atoms with E-state index in [9.17, 15) is 4.79 Å². The van der Waals surface area contributed by atoms with E-state index in [0.717, 1.165) is 24.7 Å². The van der Waals surface area contributed by atoms with Crippen LogP contribution in [0.15, 0.2) is 53.5 Å². The molecule has 0 spiro atoms. The van der Waals surface area contributed by atoms with Crippen molar-refractivity contribution in [3.63, 3.8) is 0 Å². The van der Waals surface area contributed by atoms with E-state index >= 15 is 0 Å². The molecule has 156 valence electrons. The summed E-state index contributed by atoms with van der Waals surface area (Å²) in [5.74, 6) is 0.765. The number of nitrogens with zero attached hydrogens (tertiary/aromatic N) is 2. The second-order valence-electron chi connectivity index (χ2n) is 6.90. The van der Waals surface area contributed by atoms with Gasteiger partial charge in [-0.2, -0.15) is 0 Å². The second kappa shape index (κ2) is 11.9. The Bertz CT molecular complexity index is 784. The molecular weight excluding hydrogens is 364 g/mol. The zero-order valence-corrected chi connectivity index (χ0v) is 17.9. The van der Waals surface area contributed by atoms with Crippen LogP contribution in [0.4, 0.5) is 0 Å². The minimum atomic E-state index is 0.00216. The van der Waals surface area contributed by atoms with Gasteiger partial charge in [-0.15, -0.1) is 0 Å². The first-order valence-electron chi connectivity index (χ1n) is 10.0. The van der Waals surface area contributed by atoms with Crippen LogP contribution in [0.2, 0.25) is 0 Å². The van der Waals surface area contributed by atoms with E-state index in [1.54, 1.807) is 19.0 Å². The fourth-order valence-corrected chi connectivity index (χ4v) is 2.68. The minimum absolute atomic E-state index is 0.00216. The fourth-order valence-electron chi connectivity index (χ4n) is 2.68. The number of carbonyl (C=O) groups is 1. The van der Waals surface area contributed by atoms with Crippen LogP contribution in [0.25, 0.3) is 0 Å². The number of hydrogen-bond donors (Lipinski definition) is 2. The molecular formula is C23H32N4O2. The van der Waals surface area contributed by atoms with Gasteiger partial charge in [-0.05, 0) is 42.7 Å². The summed E-state index contributed by atoms with van der Waals surface area (Å²) in [6.45, 7) is 7.43. The normalized spacial score (nSPS) is 11.2. The molecule has 0 radical (unpaired) electrons.